The Kier molecular flexibility index (Phi) is 5.96. The van der Waals surface area contributed by atoms with Crippen LogP contribution in [0.5, 0.6) is 5.75 Å². The highest BCUT2D eigenvalue weighted by Gasteiger charge is 2.15. The van der Waals surface area contributed by atoms with Gasteiger partial charge in [-0.25, -0.2) is 15.0 Å². The largest absolute Gasteiger partial charge is 0.488 e. The second-order valence-corrected chi connectivity index (χ2v) is 8.14. The summed E-state index contributed by atoms with van der Waals surface area (Å²) in [6, 6.07) is 24.6. The van der Waals surface area contributed by atoms with Crippen LogP contribution in [0.25, 0.3) is 22.0 Å². The van der Waals surface area contributed by atoms with E-state index in [1.165, 1.54) is 0 Å². The van der Waals surface area contributed by atoms with Crippen molar-refractivity contribution in [2.45, 2.75) is 6.61 Å². The molecule has 0 radical (unpaired) electrons. The van der Waals surface area contributed by atoms with Crippen LogP contribution < -0.4 is 10.2 Å². The lowest BCUT2D eigenvalue weighted by Gasteiger charge is -2.32. The molecule has 0 aliphatic carbocycles. The molecule has 0 unspecified atom stereocenters. The van der Waals surface area contributed by atoms with Gasteiger partial charge in [0.15, 0.2) is 0 Å². The Labute approximate surface area is 188 Å². The van der Waals surface area contributed by atoms with E-state index in [-0.39, 0.29) is 0 Å². The third-order valence-corrected chi connectivity index (χ3v) is 5.78. The number of benzene rings is 3. The maximum Gasteiger partial charge on any atom is 0.238 e. The minimum atomic E-state index is 0.538. The van der Waals surface area contributed by atoms with Gasteiger partial charge in [0.25, 0.3) is 0 Å². The van der Waals surface area contributed by atoms with E-state index in [0.717, 1.165) is 59.5 Å². The van der Waals surface area contributed by atoms with E-state index in [4.69, 9.17) is 9.72 Å². The average molecular weight is 426 g/mol. The minimum Gasteiger partial charge on any atom is -0.488 e. The molecule has 0 spiro atoms. The predicted molar refractivity (Wildman–Crippen MR) is 128 cm³/mol. The molecule has 2 heterocycles. The molecule has 1 aliphatic rings. The Hall–Kier alpha value is -3.48. The van der Waals surface area contributed by atoms with Crippen LogP contribution in [-0.2, 0) is 6.61 Å². The number of hydrogen-bond donors (Lipinski definition) is 1. The molecule has 1 N–H and O–H groups in total. The zero-order valence-electron chi connectivity index (χ0n) is 18.2. The quantitative estimate of drug-likeness (QED) is 0.493. The third kappa shape index (κ3) is 4.72. The lowest BCUT2D eigenvalue weighted by Crippen LogP contribution is -2.47. The highest BCUT2D eigenvalue weighted by Crippen LogP contribution is 2.32. The topological polar surface area (TPSA) is 53.5 Å². The summed E-state index contributed by atoms with van der Waals surface area (Å²) in [7, 11) is 2.15. The first-order chi connectivity index (χ1) is 15.7. The van der Waals surface area contributed by atoms with Crippen LogP contribution in [0.1, 0.15) is 5.56 Å². The van der Waals surface area contributed by atoms with Gasteiger partial charge in [-0.15, -0.1) is 0 Å². The number of nitrogens with zero attached hydrogens (tertiary/aromatic N) is 4. The van der Waals surface area contributed by atoms with Gasteiger partial charge in [0.05, 0.1) is 5.52 Å². The minimum absolute atomic E-state index is 0.538. The molecule has 32 heavy (non-hydrogen) atoms. The van der Waals surface area contributed by atoms with E-state index < -0.39 is 0 Å². The molecule has 1 aromatic heterocycles. The molecule has 0 bridgehead atoms. The first-order valence-electron chi connectivity index (χ1n) is 11.0. The van der Waals surface area contributed by atoms with Crippen molar-refractivity contribution in [1.29, 1.82) is 0 Å². The van der Waals surface area contributed by atoms with Crippen molar-refractivity contribution < 1.29 is 4.74 Å². The number of aromatic nitrogens is 2. The van der Waals surface area contributed by atoms with Crippen molar-refractivity contribution in [1.82, 2.24) is 19.9 Å². The lowest BCUT2D eigenvalue weighted by atomic mass is 10.0. The standard InChI is InChI=1S/C26H27N5O/c1-30-13-15-31(16-14-30)29-26-27-18-22-17-21(11-12-24(22)28-26)23-9-5-6-10-25(23)32-19-20-7-3-2-4-8-20/h2-12,17-18H,13-16,19H2,1H3,(H,27,28,29). The van der Waals surface area contributed by atoms with Crippen molar-refractivity contribution >= 4 is 16.9 Å². The number of hydrazine groups is 1. The monoisotopic (exact) mass is 425 g/mol. The van der Waals surface area contributed by atoms with E-state index in [1.807, 2.05) is 42.6 Å². The normalized spacial score (nSPS) is 15.0. The van der Waals surface area contributed by atoms with Crippen molar-refractivity contribution in [2.24, 2.45) is 0 Å². The maximum absolute atomic E-state index is 6.15. The second-order valence-electron chi connectivity index (χ2n) is 8.14. The van der Waals surface area contributed by atoms with Crippen LogP contribution in [0.4, 0.5) is 5.95 Å². The molecule has 1 fully saturated rings. The van der Waals surface area contributed by atoms with Gasteiger partial charge in [-0.3, -0.25) is 5.43 Å². The highest BCUT2D eigenvalue weighted by molar-refractivity contribution is 5.85. The van der Waals surface area contributed by atoms with Gasteiger partial charge >= 0.3 is 0 Å². The van der Waals surface area contributed by atoms with Crippen molar-refractivity contribution in [3.8, 4) is 16.9 Å². The predicted octanol–water partition coefficient (Wildman–Crippen LogP) is 4.45. The maximum atomic E-state index is 6.15. The van der Waals surface area contributed by atoms with E-state index in [2.05, 4.69) is 63.8 Å². The van der Waals surface area contributed by atoms with Crippen LogP contribution in [0.15, 0.2) is 79.0 Å². The summed E-state index contributed by atoms with van der Waals surface area (Å²) in [5, 5.41) is 3.18. The van der Waals surface area contributed by atoms with Crippen molar-refractivity contribution in [3.63, 3.8) is 0 Å². The Morgan fingerprint density at radius 1 is 0.906 bits per heavy atom. The summed E-state index contributed by atoms with van der Waals surface area (Å²) in [5.74, 6) is 1.51. The number of ether oxygens (including phenoxy) is 1. The fourth-order valence-corrected chi connectivity index (χ4v) is 3.88. The van der Waals surface area contributed by atoms with Gasteiger partial charge in [-0.1, -0.05) is 54.6 Å². The Balaban J connectivity index is 1.35. The molecule has 0 amide bonds. The number of nitrogens with one attached hydrogen (secondary N) is 1. The van der Waals surface area contributed by atoms with E-state index in [1.54, 1.807) is 0 Å². The molecular weight excluding hydrogens is 398 g/mol. The number of piperazine rings is 1. The molecule has 5 rings (SSSR count). The smallest absolute Gasteiger partial charge is 0.238 e. The molecule has 4 aromatic rings. The Morgan fingerprint density at radius 3 is 2.53 bits per heavy atom. The molecule has 6 nitrogen and oxygen atoms in total. The van der Waals surface area contributed by atoms with E-state index in [9.17, 15) is 0 Å². The van der Waals surface area contributed by atoms with E-state index in [0.29, 0.717) is 12.6 Å². The number of para-hydroxylation sites is 1. The SMILES string of the molecule is CN1CCN(Nc2ncc3cc(-c4ccccc4OCc4ccccc4)ccc3n2)CC1. The summed E-state index contributed by atoms with van der Waals surface area (Å²) < 4.78 is 6.15. The van der Waals surface area contributed by atoms with Gasteiger partial charge in [0.1, 0.15) is 12.4 Å². The molecule has 162 valence electrons. The summed E-state index contributed by atoms with van der Waals surface area (Å²) in [6.45, 7) is 4.52. The summed E-state index contributed by atoms with van der Waals surface area (Å²) >= 11 is 0. The van der Waals surface area contributed by atoms with E-state index >= 15 is 0 Å². The first-order valence-corrected chi connectivity index (χ1v) is 11.0. The number of fused-ring (bicyclic) bond motifs is 1. The molecule has 0 saturated carbocycles. The van der Waals surface area contributed by atoms with Crippen LogP contribution in [0.2, 0.25) is 0 Å². The second kappa shape index (κ2) is 9.34. The Morgan fingerprint density at radius 2 is 1.69 bits per heavy atom. The van der Waals surface area contributed by atoms with Crippen LogP contribution >= 0.6 is 0 Å². The van der Waals surface area contributed by atoms with Gasteiger partial charge < -0.3 is 9.64 Å². The van der Waals surface area contributed by atoms with Crippen LogP contribution in [0, 0.1) is 0 Å². The molecular formula is C26H27N5O. The third-order valence-electron chi connectivity index (χ3n) is 5.78. The highest BCUT2D eigenvalue weighted by atomic mass is 16.5. The van der Waals surface area contributed by atoms with Gasteiger partial charge in [-0.2, -0.15) is 0 Å². The molecule has 1 saturated heterocycles. The number of anilines is 1. The fourth-order valence-electron chi connectivity index (χ4n) is 3.88. The van der Waals surface area contributed by atoms with Crippen LogP contribution in [0.3, 0.4) is 0 Å². The fraction of sp³-hybridized carbons (Fsp3) is 0.231. The molecule has 3 aromatic carbocycles. The van der Waals surface area contributed by atoms with Gasteiger partial charge in [0.2, 0.25) is 5.95 Å². The molecule has 6 heteroatoms. The van der Waals surface area contributed by atoms with Crippen molar-refractivity contribution in [2.75, 3.05) is 38.7 Å². The van der Waals surface area contributed by atoms with Crippen LogP contribution in [-0.4, -0.2) is 53.1 Å². The Bertz CT molecular complexity index is 1190. The zero-order valence-corrected chi connectivity index (χ0v) is 18.2. The van der Waals surface area contributed by atoms with Crippen molar-refractivity contribution in [3.05, 3.63) is 84.6 Å². The zero-order chi connectivity index (χ0) is 21.8. The number of rotatable bonds is 6. The van der Waals surface area contributed by atoms with Gasteiger partial charge in [-0.05, 0) is 36.4 Å². The first kappa shape index (κ1) is 20.4. The average Bonchev–Trinajstić information content (AvgIpc) is 2.85. The molecule has 0 atom stereocenters. The van der Waals surface area contributed by atoms with Gasteiger partial charge in [0, 0.05) is 43.3 Å². The summed E-state index contributed by atoms with van der Waals surface area (Å²) in [4.78, 5) is 11.6. The number of likely N-dealkylation sites (N-methyl/N-ethyl adjacent to an activating group) is 1. The summed E-state index contributed by atoms with van der Waals surface area (Å²) in [5.41, 5.74) is 7.56. The number of hydrogen-bond acceptors (Lipinski definition) is 6. The summed E-state index contributed by atoms with van der Waals surface area (Å²) in [6.07, 6.45) is 1.89. The molecule has 1 aliphatic heterocycles. The lowest BCUT2D eigenvalue weighted by molar-refractivity contribution is 0.178.